The molecule has 0 spiro atoms. The van der Waals surface area contributed by atoms with Crippen molar-refractivity contribution in [3.8, 4) is 0 Å². The third-order valence-electron chi connectivity index (χ3n) is 5.58. The monoisotopic (exact) mass is 392 g/mol. The van der Waals surface area contributed by atoms with E-state index in [2.05, 4.69) is 11.8 Å². The molecule has 1 saturated heterocycles. The Labute approximate surface area is 164 Å². The molecule has 0 N–H and O–H groups in total. The van der Waals surface area contributed by atoms with Crippen molar-refractivity contribution in [2.75, 3.05) is 27.3 Å². The second kappa shape index (κ2) is 7.98. The van der Waals surface area contributed by atoms with E-state index in [0.717, 1.165) is 36.5 Å². The topological polar surface area (TPSA) is 68.2 Å². The lowest BCUT2D eigenvalue weighted by Gasteiger charge is -2.43. The number of carbonyl (C=O) groups is 2. The highest BCUT2D eigenvalue weighted by molar-refractivity contribution is 6.39. The molecule has 0 radical (unpaired) electrons. The van der Waals surface area contributed by atoms with Gasteiger partial charge in [-0.15, -0.1) is 11.6 Å². The highest BCUT2D eigenvalue weighted by atomic mass is 35.5. The van der Waals surface area contributed by atoms with Crippen LogP contribution in [0.2, 0.25) is 0 Å². The second-order valence-corrected chi connectivity index (χ2v) is 7.53. The average molecular weight is 393 g/mol. The number of likely N-dealkylation sites (tertiary alicyclic amines) is 1. The number of rotatable bonds is 6. The van der Waals surface area contributed by atoms with Crippen LogP contribution in [0.25, 0.3) is 0 Å². The van der Waals surface area contributed by atoms with Gasteiger partial charge in [0, 0.05) is 12.1 Å². The van der Waals surface area contributed by atoms with Gasteiger partial charge in [0.1, 0.15) is 4.87 Å². The maximum absolute atomic E-state index is 12.0. The summed E-state index contributed by atoms with van der Waals surface area (Å²) in [5.41, 5.74) is 2.86. The number of carbonyl (C=O) groups excluding carboxylic acids is 2. The summed E-state index contributed by atoms with van der Waals surface area (Å²) >= 11 is 7.07. The van der Waals surface area contributed by atoms with Crippen LogP contribution in [0, 0.1) is 5.92 Å². The maximum atomic E-state index is 12.0. The molecule has 7 heteroatoms. The van der Waals surface area contributed by atoms with E-state index in [1.807, 2.05) is 24.3 Å². The fraction of sp³-hybridized carbons (Fsp3) is 0.550. The lowest BCUT2D eigenvalue weighted by atomic mass is 9.81. The number of esters is 2. The zero-order chi connectivity index (χ0) is 19.6. The third kappa shape index (κ3) is 3.48. The van der Waals surface area contributed by atoms with Gasteiger partial charge in [-0.05, 0) is 31.9 Å². The fourth-order valence-electron chi connectivity index (χ4n) is 4.13. The fourth-order valence-corrected chi connectivity index (χ4v) is 4.54. The number of methoxy groups -OCH3 is 2. The Kier molecular flexibility index (Phi) is 5.86. The summed E-state index contributed by atoms with van der Waals surface area (Å²) in [6, 6.07) is 7.91. The van der Waals surface area contributed by atoms with Gasteiger partial charge in [-0.1, -0.05) is 25.1 Å². The van der Waals surface area contributed by atoms with Crippen molar-refractivity contribution in [3.63, 3.8) is 0 Å². The standard InChI is InChI=1S/C20H25ClN2O4/c1-4-23-12-11-20(21)14-7-5-6-8-15(14)22-17(20)16(23)10-9-13(18(24)26-2)19(25)27-3/h5-8,13,16H,4,9-12H2,1-3H3. The molecule has 2 heterocycles. The van der Waals surface area contributed by atoms with Crippen LogP contribution in [-0.2, 0) is 23.9 Å². The van der Waals surface area contributed by atoms with E-state index in [9.17, 15) is 9.59 Å². The lowest BCUT2D eigenvalue weighted by Crippen LogP contribution is -2.53. The molecule has 2 aliphatic heterocycles. The highest BCUT2D eigenvalue weighted by Crippen LogP contribution is 2.49. The molecule has 1 aromatic carbocycles. The summed E-state index contributed by atoms with van der Waals surface area (Å²) in [6.45, 7) is 3.77. The predicted octanol–water partition coefficient (Wildman–Crippen LogP) is 3.04. The molecule has 0 aromatic heterocycles. The molecule has 27 heavy (non-hydrogen) atoms. The summed E-state index contributed by atoms with van der Waals surface area (Å²) in [7, 11) is 2.55. The Morgan fingerprint density at radius 1 is 1.30 bits per heavy atom. The van der Waals surface area contributed by atoms with Crippen LogP contribution >= 0.6 is 11.6 Å². The van der Waals surface area contributed by atoms with Gasteiger partial charge in [0.15, 0.2) is 5.92 Å². The summed E-state index contributed by atoms with van der Waals surface area (Å²) in [5.74, 6) is -2.08. The Bertz CT molecular complexity index is 750. The predicted molar refractivity (Wildman–Crippen MR) is 103 cm³/mol. The van der Waals surface area contributed by atoms with Crippen molar-refractivity contribution in [2.24, 2.45) is 10.9 Å². The first-order valence-electron chi connectivity index (χ1n) is 9.23. The van der Waals surface area contributed by atoms with Gasteiger partial charge in [0.2, 0.25) is 0 Å². The summed E-state index contributed by atoms with van der Waals surface area (Å²) in [4.78, 5) is 30.6. The number of fused-ring (bicyclic) bond motifs is 3. The van der Waals surface area contributed by atoms with Crippen LogP contribution in [0.4, 0.5) is 5.69 Å². The Morgan fingerprint density at radius 3 is 2.59 bits per heavy atom. The Balaban J connectivity index is 1.86. The average Bonchev–Trinajstić information content (AvgIpc) is 3.00. The van der Waals surface area contributed by atoms with Crippen molar-refractivity contribution in [1.82, 2.24) is 4.90 Å². The number of ether oxygens (including phenoxy) is 2. The Morgan fingerprint density at radius 2 is 1.96 bits per heavy atom. The molecule has 0 bridgehead atoms. The van der Waals surface area contributed by atoms with Gasteiger partial charge in [-0.25, -0.2) is 0 Å². The van der Waals surface area contributed by atoms with E-state index in [1.165, 1.54) is 14.2 Å². The summed E-state index contributed by atoms with van der Waals surface area (Å²) < 4.78 is 9.55. The number of hydrogen-bond donors (Lipinski definition) is 0. The van der Waals surface area contributed by atoms with E-state index in [4.69, 9.17) is 26.1 Å². The molecular weight excluding hydrogens is 368 g/mol. The maximum Gasteiger partial charge on any atom is 0.320 e. The molecule has 2 aliphatic rings. The number of halogens is 1. The van der Waals surface area contributed by atoms with Crippen LogP contribution in [0.15, 0.2) is 29.3 Å². The highest BCUT2D eigenvalue weighted by Gasteiger charge is 2.49. The van der Waals surface area contributed by atoms with Crippen LogP contribution in [-0.4, -0.2) is 55.9 Å². The largest absolute Gasteiger partial charge is 0.468 e. The van der Waals surface area contributed by atoms with Crippen molar-refractivity contribution >= 4 is 34.9 Å². The van der Waals surface area contributed by atoms with Crippen molar-refractivity contribution < 1.29 is 19.1 Å². The third-order valence-corrected chi connectivity index (χ3v) is 6.17. The van der Waals surface area contributed by atoms with E-state index in [-0.39, 0.29) is 6.04 Å². The summed E-state index contributed by atoms with van der Waals surface area (Å²) in [5, 5.41) is 0. The molecule has 6 nitrogen and oxygen atoms in total. The zero-order valence-corrected chi connectivity index (χ0v) is 16.7. The van der Waals surface area contributed by atoms with Gasteiger partial charge in [-0.3, -0.25) is 19.5 Å². The van der Waals surface area contributed by atoms with E-state index >= 15 is 0 Å². The molecule has 2 unspecified atom stereocenters. The number of alkyl halides is 1. The van der Waals surface area contributed by atoms with Gasteiger partial charge < -0.3 is 9.47 Å². The first-order valence-corrected chi connectivity index (χ1v) is 9.61. The quantitative estimate of drug-likeness (QED) is 0.423. The van der Waals surface area contributed by atoms with Crippen LogP contribution < -0.4 is 0 Å². The first-order chi connectivity index (χ1) is 13.0. The number of para-hydroxylation sites is 1. The number of aliphatic imine (C=N–C) groups is 1. The van der Waals surface area contributed by atoms with E-state index < -0.39 is 22.7 Å². The number of piperidine rings is 1. The molecule has 0 aliphatic carbocycles. The molecule has 0 amide bonds. The van der Waals surface area contributed by atoms with Gasteiger partial charge in [-0.2, -0.15) is 0 Å². The number of hydrogen-bond acceptors (Lipinski definition) is 6. The molecule has 146 valence electrons. The van der Waals surface area contributed by atoms with Crippen molar-refractivity contribution in [2.45, 2.75) is 37.1 Å². The van der Waals surface area contributed by atoms with Gasteiger partial charge in [0.05, 0.1) is 31.7 Å². The zero-order valence-electron chi connectivity index (χ0n) is 15.9. The van der Waals surface area contributed by atoms with E-state index in [1.54, 1.807) is 0 Å². The normalized spacial score (nSPS) is 24.2. The van der Waals surface area contributed by atoms with Crippen LogP contribution in [0.5, 0.6) is 0 Å². The molecular formula is C20H25ClN2O4. The second-order valence-electron chi connectivity index (χ2n) is 6.89. The van der Waals surface area contributed by atoms with E-state index in [0.29, 0.717) is 12.8 Å². The number of nitrogens with zero attached hydrogens (tertiary/aromatic N) is 2. The first kappa shape index (κ1) is 19.8. The van der Waals surface area contributed by atoms with Gasteiger partial charge in [0.25, 0.3) is 0 Å². The molecule has 1 aromatic rings. The molecule has 3 rings (SSSR count). The van der Waals surface area contributed by atoms with Crippen LogP contribution in [0.3, 0.4) is 0 Å². The smallest absolute Gasteiger partial charge is 0.320 e. The number of benzene rings is 1. The van der Waals surface area contributed by atoms with Crippen molar-refractivity contribution in [3.05, 3.63) is 29.8 Å². The SMILES string of the molecule is CCN1CCC2(Cl)C(=Nc3ccccc32)C1CCC(C(=O)OC)C(=O)OC. The van der Waals surface area contributed by atoms with Crippen LogP contribution in [0.1, 0.15) is 31.7 Å². The van der Waals surface area contributed by atoms with Crippen molar-refractivity contribution in [1.29, 1.82) is 0 Å². The molecule has 0 saturated carbocycles. The summed E-state index contributed by atoms with van der Waals surface area (Å²) in [6.07, 6.45) is 1.68. The van der Waals surface area contributed by atoms with Gasteiger partial charge >= 0.3 is 11.9 Å². The Hall–Kier alpha value is -1.92. The molecule has 1 fully saturated rings. The minimum absolute atomic E-state index is 0.0366. The molecule has 2 atom stereocenters. The minimum Gasteiger partial charge on any atom is -0.468 e. The lowest BCUT2D eigenvalue weighted by molar-refractivity contribution is -0.159. The minimum atomic E-state index is -0.935.